The van der Waals surface area contributed by atoms with E-state index >= 15 is 0 Å². The van der Waals surface area contributed by atoms with Crippen LogP contribution in [0.15, 0.2) is 12.1 Å². The Kier molecular flexibility index (Phi) is 4.59. The zero-order valence-electron chi connectivity index (χ0n) is 12.0. The van der Waals surface area contributed by atoms with E-state index in [2.05, 4.69) is 19.1 Å². The lowest BCUT2D eigenvalue weighted by Crippen LogP contribution is -2.13. The molecule has 20 heavy (non-hydrogen) atoms. The van der Waals surface area contributed by atoms with E-state index in [-0.39, 0.29) is 6.10 Å². The quantitative estimate of drug-likeness (QED) is 0.608. The first-order chi connectivity index (χ1) is 9.70. The molecule has 1 aliphatic heterocycles. The Morgan fingerprint density at radius 1 is 1.05 bits per heavy atom. The zero-order valence-corrected chi connectivity index (χ0v) is 13.5. The number of epoxide rings is 1. The van der Waals surface area contributed by atoms with Gasteiger partial charge >= 0.3 is 0 Å². The van der Waals surface area contributed by atoms with Crippen LogP contribution in [-0.2, 0) is 4.74 Å². The molecule has 3 heteroatoms. The van der Waals surface area contributed by atoms with Gasteiger partial charge in [0.1, 0.15) is 6.10 Å². The Balaban J connectivity index is 1.73. The van der Waals surface area contributed by atoms with Crippen molar-refractivity contribution in [1.29, 1.82) is 0 Å². The van der Waals surface area contributed by atoms with Gasteiger partial charge in [-0.15, -0.1) is 0 Å². The van der Waals surface area contributed by atoms with Crippen LogP contribution in [0.25, 0.3) is 0 Å². The predicted molar refractivity (Wildman–Crippen MR) is 84.8 cm³/mol. The van der Waals surface area contributed by atoms with Crippen LogP contribution in [-0.4, -0.2) is 6.61 Å². The van der Waals surface area contributed by atoms with E-state index in [0.717, 1.165) is 23.1 Å². The molecule has 1 unspecified atom stereocenters. The van der Waals surface area contributed by atoms with Crippen LogP contribution in [0.4, 0.5) is 0 Å². The summed E-state index contributed by atoms with van der Waals surface area (Å²) >= 11 is 12.9. The minimum absolute atomic E-state index is 0.175. The molecule has 1 heterocycles. The lowest BCUT2D eigenvalue weighted by Gasteiger charge is -2.29. The van der Waals surface area contributed by atoms with Gasteiger partial charge in [0.25, 0.3) is 0 Å². The molecular formula is C17H22Cl2O. The van der Waals surface area contributed by atoms with Crippen LogP contribution in [0.5, 0.6) is 0 Å². The summed E-state index contributed by atoms with van der Waals surface area (Å²) in [5, 5.41) is 1.47. The van der Waals surface area contributed by atoms with Gasteiger partial charge in [0.15, 0.2) is 0 Å². The Morgan fingerprint density at radius 3 is 2.25 bits per heavy atom. The van der Waals surface area contributed by atoms with Gasteiger partial charge < -0.3 is 4.74 Å². The zero-order chi connectivity index (χ0) is 14.1. The van der Waals surface area contributed by atoms with Crippen molar-refractivity contribution in [2.45, 2.75) is 57.5 Å². The van der Waals surface area contributed by atoms with Gasteiger partial charge in [-0.25, -0.2) is 0 Å². The van der Waals surface area contributed by atoms with Crippen LogP contribution in [0.1, 0.15) is 68.6 Å². The first kappa shape index (κ1) is 14.7. The lowest BCUT2D eigenvalue weighted by molar-refractivity contribution is 0.308. The molecule has 2 aliphatic rings. The van der Waals surface area contributed by atoms with Gasteiger partial charge in [0.2, 0.25) is 0 Å². The lowest BCUT2D eigenvalue weighted by atomic mass is 9.77. The summed E-state index contributed by atoms with van der Waals surface area (Å²) in [7, 11) is 0. The first-order valence-electron chi connectivity index (χ1n) is 7.80. The number of hydrogen-bond acceptors (Lipinski definition) is 1. The van der Waals surface area contributed by atoms with E-state index in [1.54, 1.807) is 0 Å². The average Bonchev–Trinajstić information content (AvgIpc) is 3.28. The fraction of sp³-hybridized carbons (Fsp3) is 0.647. The summed E-state index contributed by atoms with van der Waals surface area (Å²) in [5.74, 6) is 1.51. The smallest absolute Gasteiger partial charge is 0.107 e. The molecule has 1 aromatic rings. The second-order valence-electron chi connectivity index (χ2n) is 6.20. The maximum Gasteiger partial charge on any atom is 0.107 e. The van der Waals surface area contributed by atoms with Gasteiger partial charge in [0.05, 0.1) is 16.7 Å². The molecule has 1 nitrogen and oxygen atoms in total. The third-order valence-electron chi connectivity index (χ3n) is 4.81. The van der Waals surface area contributed by atoms with Crippen molar-refractivity contribution in [3.63, 3.8) is 0 Å². The molecule has 1 atom stereocenters. The molecule has 0 bridgehead atoms. The van der Waals surface area contributed by atoms with Crippen molar-refractivity contribution in [3.05, 3.63) is 33.3 Å². The second kappa shape index (κ2) is 6.25. The van der Waals surface area contributed by atoms with Crippen LogP contribution < -0.4 is 0 Å². The Hall–Kier alpha value is -0.240. The van der Waals surface area contributed by atoms with Crippen molar-refractivity contribution in [2.75, 3.05) is 6.61 Å². The first-order valence-corrected chi connectivity index (χ1v) is 8.55. The fourth-order valence-corrected chi connectivity index (χ4v) is 4.16. The molecule has 0 amide bonds. The SMILES string of the molecule is CCCC1CCC(c2ccc(C3CO3)c(Cl)c2Cl)CC1. The summed E-state index contributed by atoms with van der Waals surface area (Å²) in [6.07, 6.45) is 8.02. The van der Waals surface area contributed by atoms with Gasteiger partial charge in [-0.3, -0.25) is 0 Å². The summed E-state index contributed by atoms with van der Waals surface area (Å²) in [6.45, 7) is 3.05. The fourth-order valence-electron chi connectivity index (χ4n) is 3.54. The highest BCUT2D eigenvalue weighted by molar-refractivity contribution is 6.43. The van der Waals surface area contributed by atoms with Crippen molar-refractivity contribution >= 4 is 23.2 Å². The molecule has 1 saturated carbocycles. The summed E-state index contributed by atoms with van der Waals surface area (Å²) < 4.78 is 5.31. The van der Waals surface area contributed by atoms with Crippen LogP contribution >= 0.6 is 23.2 Å². The van der Waals surface area contributed by atoms with E-state index in [4.69, 9.17) is 27.9 Å². The highest BCUT2D eigenvalue weighted by Gasteiger charge is 2.30. The number of hydrogen-bond donors (Lipinski definition) is 0. The summed E-state index contributed by atoms with van der Waals surface area (Å²) in [5.41, 5.74) is 2.30. The number of benzene rings is 1. The highest BCUT2D eigenvalue weighted by Crippen LogP contribution is 2.45. The highest BCUT2D eigenvalue weighted by atomic mass is 35.5. The Labute approximate surface area is 131 Å². The molecule has 1 aliphatic carbocycles. The van der Waals surface area contributed by atoms with E-state index in [1.165, 1.54) is 44.1 Å². The maximum absolute atomic E-state index is 6.51. The van der Waals surface area contributed by atoms with Crippen LogP contribution in [0, 0.1) is 5.92 Å². The Morgan fingerprint density at radius 2 is 1.65 bits per heavy atom. The molecule has 1 saturated heterocycles. The second-order valence-corrected chi connectivity index (χ2v) is 6.96. The molecule has 0 N–H and O–H groups in total. The van der Waals surface area contributed by atoms with Gasteiger partial charge in [-0.2, -0.15) is 0 Å². The minimum Gasteiger partial charge on any atom is -0.368 e. The predicted octanol–water partition coefficient (Wildman–Crippen LogP) is 6.14. The van der Waals surface area contributed by atoms with E-state index in [1.807, 2.05) is 0 Å². The normalized spacial score (nSPS) is 29.4. The third-order valence-corrected chi connectivity index (χ3v) is 5.72. The van der Waals surface area contributed by atoms with Crippen LogP contribution in [0.2, 0.25) is 10.0 Å². The van der Waals surface area contributed by atoms with Gasteiger partial charge in [0, 0.05) is 5.56 Å². The van der Waals surface area contributed by atoms with Crippen molar-refractivity contribution in [2.24, 2.45) is 5.92 Å². The molecule has 2 fully saturated rings. The Bertz CT molecular complexity index is 474. The molecule has 110 valence electrons. The topological polar surface area (TPSA) is 12.5 Å². The standard InChI is InChI=1S/C17H22Cl2O/c1-2-3-11-4-6-12(7-5-11)13-8-9-14(15-10-20-15)17(19)16(13)18/h8-9,11-12,15H,2-7,10H2,1H3. The van der Waals surface area contributed by atoms with E-state index < -0.39 is 0 Å². The largest absolute Gasteiger partial charge is 0.368 e. The summed E-state index contributed by atoms with van der Waals surface area (Å²) in [4.78, 5) is 0. The summed E-state index contributed by atoms with van der Waals surface area (Å²) in [6, 6.07) is 4.29. The van der Waals surface area contributed by atoms with Crippen molar-refractivity contribution in [3.8, 4) is 0 Å². The molecule has 0 spiro atoms. The third kappa shape index (κ3) is 3.00. The molecule has 3 rings (SSSR count). The molecule has 0 radical (unpaired) electrons. The minimum atomic E-state index is 0.175. The van der Waals surface area contributed by atoms with E-state index in [9.17, 15) is 0 Å². The van der Waals surface area contributed by atoms with E-state index in [0.29, 0.717) is 10.9 Å². The number of rotatable bonds is 4. The van der Waals surface area contributed by atoms with Gasteiger partial charge in [-0.05, 0) is 43.1 Å². The molecule has 1 aromatic carbocycles. The maximum atomic E-state index is 6.51. The molecular weight excluding hydrogens is 291 g/mol. The average molecular weight is 313 g/mol. The van der Waals surface area contributed by atoms with Crippen LogP contribution in [0.3, 0.4) is 0 Å². The number of halogens is 2. The number of ether oxygens (including phenoxy) is 1. The van der Waals surface area contributed by atoms with Crippen molar-refractivity contribution in [1.82, 2.24) is 0 Å². The molecule has 0 aromatic heterocycles. The van der Waals surface area contributed by atoms with Crippen molar-refractivity contribution < 1.29 is 4.74 Å². The van der Waals surface area contributed by atoms with Gasteiger partial charge in [-0.1, -0.05) is 55.1 Å². The monoisotopic (exact) mass is 312 g/mol.